The van der Waals surface area contributed by atoms with Crippen molar-refractivity contribution in [1.82, 2.24) is 0 Å². The van der Waals surface area contributed by atoms with Gasteiger partial charge in [0, 0.05) is 22.3 Å². The van der Waals surface area contributed by atoms with E-state index in [4.69, 9.17) is 18.9 Å². The first-order valence-corrected chi connectivity index (χ1v) is 12.0. The number of carbonyl (C=O) groups excluding carboxylic acids is 4. The van der Waals surface area contributed by atoms with Gasteiger partial charge in [0.05, 0.1) is 5.39 Å². The summed E-state index contributed by atoms with van der Waals surface area (Å²) < 4.78 is 21.9. The number of hydrogen-bond donors (Lipinski definition) is 0. The Morgan fingerprint density at radius 3 is 1.45 bits per heavy atom. The van der Waals surface area contributed by atoms with Gasteiger partial charge in [-0.25, -0.2) is 19.2 Å². The van der Waals surface area contributed by atoms with Crippen LogP contribution in [-0.4, -0.2) is 23.9 Å². The molecule has 0 radical (unpaired) electrons. The van der Waals surface area contributed by atoms with Crippen molar-refractivity contribution in [3.63, 3.8) is 0 Å². The molecule has 3 rings (SSSR count). The quantitative estimate of drug-likeness (QED) is 0.174. The van der Waals surface area contributed by atoms with Crippen molar-refractivity contribution in [2.45, 2.75) is 27.7 Å². The summed E-state index contributed by atoms with van der Waals surface area (Å²) in [5.41, 5.74) is 1.80. The van der Waals surface area contributed by atoms with Gasteiger partial charge >= 0.3 is 23.9 Å². The van der Waals surface area contributed by atoms with Gasteiger partial charge in [-0.05, 0) is 68.5 Å². The third kappa shape index (κ3) is 6.60. The lowest BCUT2D eigenvalue weighted by Gasteiger charge is -2.16. The highest BCUT2D eigenvalue weighted by molar-refractivity contribution is 6.06. The maximum absolute atomic E-state index is 12.4. The van der Waals surface area contributed by atoms with Gasteiger partial charge in [0.2, 0.25) is 0 Å². The lowest BCUT2D eigenvalue weighted by Crippen LogP contribution is -2.13. The Kier molecular flexibility index (Phi) is 8.86. The highest BCUT2D eigenvalue weighted by Crippen LogP contribution is 2.42. The molecule has 8 nitrogen and oxygen atoms in total. The number of esters is 4. The van der Waals surface area contributed by atoms with Crippen LogP contribution in [0.15, 0.2) is 97.1 Å². The summed E-state index contributed by atoms with van der Waals surface area (Å²) >= 11 is 0. The van der Waals surface area contributed by atoms with Gasteiger partial charge in [0.1, 0.15) is 11.5 Å². The number of fused-ring (bicyclic) bond motifs is 1. The summed E-state index contributed by atoms with van der Waals surface area (Å²) in [6, 6.07) is 12.9. The minimum Gasteiger partial charge on any atom is -0.422 e. The Hall–Kier alpha value is -5.24. The maximum Gasteiger partial charge on any atom is 0.338 e. The minimum atomic E-state index is -0.717. The van der Waals surface area contributed by atoms with Crippen molar-refractivity contribution in [3.8, 4) is 34.1 Å². The van der Waals surface area contributed by atoms with E-state index in [0.29, 0.717) is 21.9 Å². The largest absolute Gasteiger partial charge is 0.422 e. The summed E-state index contributed by atoms with van der Waals surface area (Å²) in [7, 11) is 0. The topological polar surface area (TPSA) is 105 Å². The fourth-order valence-corrected chi connectivity index (χ4v) is 3.35. The summed E-state index contributed by atoms with van der Waals surface area (Å²) in [6.45, 7) is 20.4. The zero-order valence-electron chi connectivity index (χ0n) is 22.7. The molecule has 0 spiro atoms. The SMILES string of the molecule is C=C(C)C(=O)Oc1ccc(-c2ccc(OC(=O)C(=C)C)c3c(OC(=O)C(=C)C)cccc23)cc1OC(=O)C(=C)C. The van der Waals surface area contributed by atoms with E-state index >= 15 is 0 Å². The summed E-state index contributed by atoms with van der Waals surface area (Å²) in [5.74, 6) is -2.49. The Balaban J connectivity index is 2.26. The van der Waals surface area contributed by atoms with Gasteiger partial charge in [0.25, 0.3) is 0 Å². The van der Waals surface area contributed by atoms with Crippen LogP contribution >= 0.6 is 0 Å². The molecular formula is C32H28O8. The van der Waals surface area contributed by atoms with Crippen LogP contribution in [0, 0.1) is 0 Å². The van der Waals surface area contributed by atoms with E-state index in [1.807, 2.05) is 0 Å². The monoisotopic (exact) mass is 540 g/mol. The molecule has 3 aromatic rings. The second-order valence-electron chi connectivity index (χ2n) is 9.13. The van der Waals surface area contributed by atoms with E-state index < -0.39 is 23.9 Å². The highest BCUT2D eigenvalue weighted by Gasteiger charge is 2.21. The molecule has 0 saturated carbocycles. The van der Waals surface area contributed by atoms with E-state index in [-0.39, 0.29) is 45.3 Å². The minimum absolute atomic E-state index is 0.00117. The average molecular weight is 541 g/mol. The van der Waals surface area contributed by atoms with E-state index in [0.717, 1.165) is 0 Å². The molecular weight excluding hydrogens is 512 g/mol. The molecule has 0 aliphatic heterocycles. The number of rotatable bonds is 9. The predicted molar refractivity (Wildman–Crippen MR) is 151 cm³/mol. The van der Waals surface area contributed by atoms with Crippen molar-refractivity contribution >= 4 is 34.6 Å². The number of carbonyl (C=O) groups is 4. The second-order valence-corrected chi connectivity index (χ2v) is 9.13. The summed E-state index contributed by atoms with van der Waals surface area (Å²) in [6.07, 6.45) is 0. The number of ether oxygens (including phenoxy) is 4. The van der Waals surface area contributed by atoms with Crippen molar-refractivity contribution in [1.29, 1.82) is 0 Å². The molecule has 3 aromatic carbocycles. The van der Waals surface area contributed by atoms with Gasteiger partial charge < -0.3 is 18.9 Å². The fraction of sp³-hybridized carbons (Fsp3) is 0.125. The Morgan fingerprint density at radius 1 is 0.525 bits per heavy atom. The molecule has 0 unspecified atom stereocenters. The highest BCUT2D eigenvalue weighted by atomic mass is 16.6. The van der Waals surface area contributed by atoms with E-state index in [2.05, 4.69) is 26.3 Å². The normalized spacial score (nSPS) is 10.3. The standard InChI is InChI=1S/C32H28O8/c1-17(2)29(33)37-24-14-12-21(16-27(24)40-32(36)20(7)8)22-13-15-26(39-31(35)19(5)6)28-23(22)10-9-11-25(28)38-30(34)18(3)4/h9-16H,1,3,5,7H2,2,4,6,8H3. The molecule has 0 aliphatic carbocycles. The van der Waals surface area contributed by atoms with Crippen LogP contribution < -0.4 is 18.9 Å². The molecule has 0 fully saturated rings. The van der Waals surface area contributed by atoms with E-state index in [9.17, 15) is 19.2 Å². The summed E-state index contributed by atoms with van der Waals surface area (Å²) in [5, 5.41) is 0.880. The van der Waals surface area contributed by atoms with Crippen LogP contribution in [0.5, 0.6) is 23.0 Å². The zero-order valence-corrected chi connectivity index (χ0v) is 22.7. The summed E-state index contributed by atoms with van der Waals surface area (Å²) in [4.78, 5) is 49.3. The van der Waals surface area contributed by atoms with Gasteiger partial charge in [-0.2, -0.15) is 0 Å². The number of hydrogen-bond acceptors (Lipinski definition) is 8. The Bertz CT molecular complexity index is 1590. The van der Waals surface area contributed by atoms with Gasteiger partial charge in [-0.1, -0.05) is 50.6 Å². The predicted octanol–water partition coefficient (Wildman–Crippen LogP) is 6.43. The van der Waals surface area contributed by atoms with Gasteiger partial charge in [-0.3, -0.25) is 0 Å². The molecule has 0 N–H and O–H groups in total. The molecule has 40 heavy (non-hydrogen) atoms. The average Bonchev–Trinajstić information content (AvgIpc) is 2.89. The third-order valence-corrected chi connectivity index (χ3v) is 5.42. The first-order valence-electron chi connectivity index (χ1n) is 12.0. The maximum atomic E-state index is 12.4. The van der Waals surface area contributed by atoms with Crippen LogP contribution in [0.25, 0.3) is 21.9 Å². The molecule has 0 amide bonds. The molecule has 0 saturated heterocycles. The Labute approximate surface area is 231 Å². The van der Waals surface area contributed by atoms with Crippen LogP contribution in [0.3, 0.4) is 0 Å². The van der Waals surface area contributed by atoms with Crippen molar-refractivity contribution < 1.29 is 38.1 Å². The van der Waals surface area contributed by atoms with Crippen molar-refractivity contribution in [3.05, 3.63) is 97.1 Å². The van der Waals surface area contributed by atoms with E-state index in [1.165, 1.54) is 39.8 Å². The lowest BCUT2D eigenvalue weighted by molar-refractivity contribution is -0.132. The molecule has 8 heteroatoms. The van der Waals surface area contributed by atoms with Crippen LogP contribution in [-0.2, 0) is 19.2 Å². The molecule has 0 aromatic heterocycles. The van der Waals surface area contributed by atoms with Crippen LogP contribution in [0.2, 0.25) is 0 Å². The van der Waals surface area contributed by atoms with Crippen LogP contribution in [0.1, 0.15) is 27.7 Å². The van der Waals surface area contributed by atoms with Crippen LogP contribution in [0.4, 0.5) is 0 Å². The van der Waals surface area contributed by atoms with Crippen molar-refractivity contribution in [2.75, 3.05) is 0 Å². The molecule has 0 atom stereocenters. The third-order valence-electron chi connectivity index (χ3n) is 5.42. The van der Waals surface area contributed by atoms with Crippen molar-refractivity contribution in [2.24, 2.45) is 0 Å². The lowest BCUT2D eigenvalue weighted by atomic mass is 9.96. The Morgan fingerprint density at radius 2 is 0.950 bits per heavy atom. The second kappa shape index (κ2) is 12.1. The molecule has 0 aliphatic rings. The number of benzene rings is 3. The molecule has 0 heterocycles. The first-order chi connectivity index (χ1) is 18.8. The van der Waals surface area contributed by atoms with Gasteiger partial charge in [0.15, 0.2) is 11.5 Å². The van der Waals surface area contributed by atoms with Gasteiger partial charge in [-0.15, -0.1) is 0 Å². The first kappa shape index (κ1) is 29.3. The van der Waals surface area contributed by atoms with E-state index in [1.54, 1.807) is 36.4 Å². The zero-order chi connectivity index (χ0) is 29.7. The molecule has 0 bridgehead atoms. The smallest absolute Gasteiger partial charge is 0.338 e. The fourth-order valence-electron chi connectivity index (χ4n) is 3.35. The molecule has 204 valence electrons.